The van der Waals surface area contributed by atoms with Crippen LogP contribution in [0.2, 0.25) is 0 Å². The van der Waals surface area contributed by atoms with Crippen LogP contribution in [0.25, 0.3) is 0 Å². The van der Waals surface area contributed by atoms with Crippen LogP contribution in [0.15, 0.2) is 18.3 Å². The first-order valence-electron chi connectivity index (χ1n) is 4.96. The molecule has 0 spiro atoms. The third-order valence-corrected chi connectivity index (χ3v) is 3.29. The van der Waals surface area contributed by atoms with Gasteiger partial charge in [-0.15, -0.1) is 0 Å². The van der Waals surface area contributed by atoms with Crippen molar-refractivity contribution in [2.75, 3.05) is 4.72 Å². The van der Waals surface area contributed by atoms with E-state index in [1.807, 2.05) is 0 Å². The molecule has 17 heavy (non-hydrogen) atoms. The van der Waals surface area contributed by atoms with E-state index in [9.17, 15) is 13.2 Å². The number of aromatic carboxylic acids is 1. The lowest BCUT2D eigenvalue weighted by Crippen LogP contribution is -2.32. The molecule has 1 aromatic rings. The molecule has 3 N–H and O–H groups in total. The molecule has 0 saturated heterocycles. The quantitative estimate of drug-likeness (QED) is 0.697. The van der Waals surface area contributed by atoms with Gasteiger partial charge in [-0.05, 0) is 25.0 Å². The third-order valence-electron chi connectivity index (χ3n) is 2.15. The average molecular weight is 257 g/mol. The van der Waals surface area contributed by atoms with Crippen LogP contribution in [-0.4, -0.2) is 30.5 Å². The summed E-state index contributed by atoms with van der Waals surface area (Å²) in [5.74, 6) is -1.28. The summed E-state index contributed by atoms with van der Waals surface area (Å²) in [6.07, 6.45) is 2.90. The minimum Gasteiger partial charge on any atom is -0.476 e. The molecule has 0 aromatic carbocycles. The van der Waals surface area contributed by atoms with E-state index in [4.69, 9.17) is 5.11 Å². The Morgan fingerprint density at radius 3 is 2.76 bits per heavy atom. The zero-order valence-electron chi connectivity index (χ0n) is 8.75. The van der Waals surface area contributed by atoms with E-state index in [0.717, 1.165) is 12.8 Å². The minimum atomic E-state index is -3.73. The van der Waals surface area contributed by atoms with Crippen molar-refractivity contribution < 1.29 is 18.3 Å². The van der Waals surface area contributed by atoms with Crippen LogP contribution in [0, 0.1) is 0 Å². The molecule has 7 nitrogen and oxygen atoms in total. The lowest BCUT2D eigenvalue weighted by Gasteiger charge is -2.09. The summed E-state index contributed by atoms with van der Waals surface area (Å²) in [6.45, 7) is 0. The molecule has 0 atom stereocenters. The van der Waals surface area contributed by atoms with Gasteiger partial charge in [0.25, 0.3) is 10.2 Å². The van der Waals surface area contributed by atoms with Gasteiger partial charge in [-0.25, -0.2) is 9.78 Å². The topological polar surface area (TPSA) is 108 Å². The van der Waals surface area contributed by atoms with Crippen molar-refractivity contribution in [2.24, 2.45) is 0 Å². The van der Waals surface area contributed by atoms with E-state index in [0.29, 0.717) is 0 Å². The Morgan fingerprint density at radius 2 is 2.18 bits per heavy atom. The smallest absolute Gasteiger partial charge is 0.356 e. The number of pyridine rings is 1. The Kier molecular flexibility index (Phi) is 2.99. The Morgan fingerprint density at radius 1 is 1.47 bits per heavy atom. The van der Waals surface area contributed by atoms with Gasteiger partial charge in [-0.3, -0.25) is 4.72 Å². The van der Waals surface area contributed by atoms with Crippen LogP contribution in [0.1, 0.15) is 23.3 Å². The maximum atomic E-state index is 11.6. The summed E-state index contributed by atoms with van der Waals surface area (Å²) < 4.78 is 27.7. The van der Waals surface area contributed by atoms with Crippen LogP contribution >= 0.6 is 0 Å². The summed E-state index contributed by atoms with van der Waals surface area (Å²) in [6, 6.07) is 2.77. The number of carboxylic acid groups (broad SMARTS) is 1. The molecule has 0 aliphatic heterocycles. The number of carbonyl (C=O) groups is 1. The number of anilines is 1. The van der Waals surface area contributed by atoms with Gasteiger partial charge in [0.2, 0.25) is 0 Å². The monoisotopic (exact) mass is 257 g/mol. The van der Waals surface area contributed by atoms with Crippen molar-refractivity contribution in [1.29, 1.82) is 0 Å². The van der Waals surface area contributed by atoms with Gasteiger partial charge in [0.05, 0.1) is 5.69 Å². The molecule has 0 bridgehead atoms. The molecule has 1 aliphatic carbocycles. The van der Waals surface area contributed by atoms with Crippen molar-refractivity contribution >= 4 is 21.9 Å². The number of rotatable bonds is 5. The van der Waals surface area contributed by atoms with Crippen molar-refractivity contribution in [3.8, 4) is 0 Å². The number of aromatic nitrogens is 1. The van der Waals surface area contributed by atoms with E-state index in [1.165, 1.54) is 18.3 Å². The zero-order valence-corrected chi connectivity index (χ0v) is 9.57. The Balaban J connectivity index is 2.20. The predicted molar refractivity (Wildman–Crippen MR) is 59.9 cm³/mol. The lowest BCUT2D eigenvalue weighted by molar-refractivity contribution is 0.0692. The Hall–Kier alpha value is -1.67. The van der Waals surface area contributed by atoms with Crippen molar-refractivity contribution in [1.82, 2.24) is 9.71 Å². The van der Waals surface area contributed by atoms with Gasteiger partial charge >= 0.3 is 5.97 Å². The number of carboxylic acids is 1. The fourth-order valence-corrected chi connectivity index (χ4v) is 2.44. The van der Waals surface area contributed by atoms with Gasteiger partial charge in [0, 0.05) is 12.2 Å². The maximum absolute atomic E-state index is 11.6. The molecule has 92 valence electrons. The number of nitrogens with one attached hydrogen (secondary N) is 2. The fourth-order valence-electron chi connectivity index (χ4n) is 1.25. The molecule has 2 rings (SSSR count). The highest BCUT2D eigenvalue weighted by Crippen LogP contribution is 2.21. The second kappa shape index (κ2) is 4.30. The van der Waals surface area contributed by atoms with Crippen LogP contribution in [0.3, 0.4) is 0 Å². The Bertz CT molecular complexity index is 539. The molecular weight excluding hydrogens is 246 g/mol. The summed E-state index contributed by atoms with van der Waals surface area (Å²) in [5, 5.41) is 8.84. The molecule has 1 aromatic heterocycles. The zero-order chi connectivity index (χ0) is 12.5. The molecule has 8 heteroatoms. The standard InChI is InChI=1S/C9H11N3O4S/c13-9(14)8-7(2-1-5-10-8)12-17(15,16)11-6-3-4-6/h1-2,5-6,11-12H,3-4H2,(H,13,14). The second-order valence-corrected chi connectivity index (χ2v) is 5.15. The van der Waals surface area contributed by atoms with Crippen molar-refractivity contribution in [2.45, 2.75) is 18.9 Å². The molecule has 0 unspecified atom stereocenters. The van der Waals surface area contributed by atoms with E-state index in [1.54, 1.807) is 0 Å². The highest BCUT2D eigenvalue weighted by atomic mass is 32.2. The van der Waals surface area contributed by atoms with Gasteiger partial charge in [0.1, 0.15) is 0 Å². The Labute approximate surface area is 98.1 Å². The molecule has 1 aliphatic rings. The second-order valence-electron chi connectivity index (χ2n) is 3.70. The van der Waals surface area contributed by atoms with Crippen LogP contribution in [-0.2, 0) is 10.2 Å². The van der Waals surface area contributed by atoms with Gasteiger partial charge in [-0.1, -0.05) is 0 Å². The van der Waals surface area contributed by atoms with E-state index in [2.05, 4.69) is 14.4 Å². The number of hydrogen-bond acceptors (Lipinski definition) is 4. The van der Waals surface area contributed by atoms with E-state index >= 15 is 0 Å². The minimum absolute atomic E-state index is 0.0440. The van der Waals surface area contributed by atoms with Crippen LogP contribution < -0.4 is 9.44 Å². The summed E-state index contributed by atoms with van der Waals surface area (Å²) >= 11 is 0. The average Bonchev–Trinajstić information content (AvgIpc) is 3.00. The largest absolute Gasteiger partial charge is 0.476 e. The SMILES string of the molecule is O=C(O)c1ncccc1NS(=O)(=O)NC1CC1. The molecule has 1 saturated carbocycles. The molecule has 1 heterocycles. The van der Waals surface area contributed by atoms with Crippen molar-refractivity contribution in [3.05, 3.63) is 24.0 Å². The first-order chi connectivity index (χ1) is 7.98. The summed E-state index contributed by atoms with van der Waals surface area (Å²) in [5.41, 5.74) is -0.373. The molecule has 0 amide bonds. The number of nitrogens with zero attached hydrogens (tertiary/aromatic N) is 1. The van der Waals surface area contributed by atoms with E-state index in [-0.39, 0.29) is 17.4 Å². The van der Waals surface area contributed by atoms with E-state index < -0.39 is 16.2 Å². The first-order valence-corrected chi connectivity index (χ1v) is 6.44. The van der Waals surface area contributed by atoms with Gasteiger partial charge in [0.15, 0.2) is 5.69 Å². The van der Waals surface area contributed by atoms with Crippen molar-refractivity contribution in [3.63, 3.8) is 0 Å². The lowest BCUT2D eigenvalue weighted by atomic mass is 10.3. The summed E-state index contributed by atoms with van der Waals surface area (Å²) in [4.78, 5) is 14.4. The van der Waals surface area contributed by atoms with Crippen LogP contribution in [0.4, 0.5) is 5.69 Å². The highest BCUT2D eigenvalue weighted by molar-refractivity contribution is 7.90. The van der Waals surface area contributed by atoms with Gasteiger partial charge < -0.3 is 5.11 Å². The third kappa shape index (κ3) is 3.14. The normalized spacial score (nSPS) is 15.5. The molecule has 1 fully saturated rings. The van der Waals surface area contributed by atoms with Crippen LogP contribution in [0.5, 0.6) is 0 Å². The molecule has 0 radical (unpaired) electrons. The maximum Gasteiger partial charge on any atom is 0.356 e. The highest BCUT2D eigenvalue weighted by Gasteiger charge is 2.27. The first kappa shape index (κ1) is 11.8. The number of hydrogen-bond donors (Lipinski definition) is 3. The predicted octanol–water partition coefficient (Wildman–Crippen LogP) is 0.188. The summed E-state index contributed by atoms with van der Waals surface area (Å²) in [7, 11) is -3.73. The molecular formula is C9H11N3O4S. The van der Waals surface area contributed by atoms with Gasteiger partial charge in [-0.2, -0.15) is 13.1 Å². The fraction of sp³-hybridized carbons (Fsp3) is 0.333.